The Kier molecular flexibility index (Phi) is 3.89. The number of methoxy groups -OCH3 is 1. The molecule has 0 aromatic heterocycles. The number of nitrogens with two attached hydrogens (primary N) is 1. The van der Waals surface area contributed by atoms with Gasteiger partial charge in [-0.05, 0) is 42.0 Å². The minimum absolute atomic E-state index is 0.391. The zero-order valence-electron chi connectivity index (χ0n) is 10.6. The number of nitriles is 1. The molecule has 0 heterocycles. The maximum Gasteiger partial charge on any atom is 0.136 e. The van der Waals surface area contributed by atoms with Gasteiger partial charge in [-0.3, -0.25) is 0 Å². The van der Waals surface area contributed by atoms with Crippen LogP contribution >= 0.6 is 0 Å². The van der Waals surface area contributed by atoms with Crippen LogP contribution in [-0.2, 0) is 6.61 Å². The van der Waals surface area contributed by atoms with E-state index in [2.05, 4.69) is 6.07 Å². The Balaban J connectivity index is 2.08. The van der Waals surface area contributed by atoms with Gasteiger partial charge in [-0.15, -0.1) is 0 Å². The molecular weight excluding hydrogens is 240 g/mol. The monoisotopic (exact) mass is 254 g/mol. The Morgan fingerprint density at radius 2 is 1.89 bits per heavy atom. The van der Waals surface area contributed by atoms with Crippen LogP contribution in [0.1, 0.15) is 11.1 Å². The topological polar surface area (TPSA) is 68.3 Å². The van der Waals surface area contributed by atoms with Gasteiger partial charge in [-0.2, -0.15) is 5.26 Å². The van der Waals surface area contributed by atoms with Crippen LogP contribution in [0.4, 0.5) is 5.69 Å². The third-order valence-electron chi connectivity index (χ3n) is 2.67. The number of hydrogen-bond donors (Lipinski definition) is 1. The predicted octanol–water partition coefficient (Wildman–Crippen LogP) is 2.73. The van der Waals surface area contributed by atoms with Crippen LogP contribution in [0.2, 0.25) is 0 Å². The van der Waals surface area contributed by atoms with Gasteiger partial charge < -0.3 is 15.2 Å². The van der Waals surface area contributed by atoms with Crippen molar-refractivity contribution < 1.29 is 9.47 Å². The molecule has 2 aromatic carbocycles. The number of nitrogen functional groups attached to an aromatic ring is 1. The molecule has 4 heteroatoms. The predicted molar refractivity (Wildman–Crippen MR) is 72.9 cm³/mol. The van der Waals surface area contributed by atoms with E-state index in [0.29, 0.717) is 23.6 Å². The average molecular weight is 254 g/mol. The highest BCUT2D eigenvalue weighted by Crippen LogP contribution is 2.20. The quantitative estimate of drug-likeness (QED) is 0.852. The van der Waals surface area contributed by atoms with Gasteiger partial charge in [0.2, 0.25) is 0 Å². The number of nitrogens with zero attached hydrogens (tertiary/aromatic N) is 1. The summed E-state index contributed by atoms with van der Waals surface area (Å²) in [6.07, 6.45) is 0. The molecule has 4 nitrogen and oxygen atoms in total. The summed E-state index contributed by atoms with van der Waals surface area (Å²) in [5.74, 6) is 1.31. The van der Waals surface area contributed by atoms with Crippen molar-refractivity contribution in [2.75, 3.05) is 12.8 Å². The SMILES string of the molecule is COc1ccc(COc2ccc(N)cc2)cc1C#N. The molecule has 0 saturated heterocycles. The van der Waals surface area contributed by atoms with Gasteiger partial charge in [-0.1, -0.05) is 6.07 Å². The van der Waals surface area contributed by atoms with Gasteiger partial charge in [0.25, 0.3) is 0 Å². The molecule has 2 N–H and O–H groups in total. The van der Waals surface area contributed by atoms with Gasteiger partial charge in [0.05, 0.1) is 12.7 Å². The van der Waals surface area contributed by atoms with Gasteiger partial charge in [0, 0.05) is 5.69 Å². The van der Waals surface area contributed by atoms with Crippen LogP contribution in [0.5, 0.6) is 11.5 Å². The fourth-order valence-corrected chi connectivity index (χ4v) is 1.66. The summed E-state index contributed by atoms with van der Waals surface area (Å²) in [7, 11) is 1.54. The summed E-state index contributed by atoms with van der Waals surface area (Å²) in [5, 5.41) is 9.01. The second-order valence-corrected chi connectivity index (χ2v) is 4.00. The Morgan fingerprint density at radius 1 is 1.16 bits per heavy atom. The minimum atomic E-state index is 0.391. The lowest BCUT2D eigenvalue weighted by atomic mass is 10.1. The van der Waals surface area contributed by atoms with E-state index in [0.717, 1.165) is 11.3 Å². The van der Waals surface area contributed by atoms with Crippen molar-refractivity contribution in [1.82, 2.24) is 0 Å². The average Bonchev–Trinajstić information content (AvgIpc) is 2.46. The molecule has 0 saturated carbocycles. The first-order valence-electron chi connectivity index (χ1n) is 5.78. The van der Waals surface area contributed by atoms with Crippen molar-refractivity contribution in [2.24, 2.45) is 0 Å². The van der Waals surface area contributed by atoms with E-state index in [1.165, 1.54) is 0 Å². The van der Waals surface area contributed by atoms with Crippen LogP contribution in [0.15, 0.2) is 42.5 Å². The van der Waals surface area contributed by atoms with E-state index >= 15 is 0 Å². The van der Waals surface area contributed by atoms with E-state index in [1.807, 2.05) is 18.2 Å². The molecule has 0 fully saturated rings. The fraction of sp³-hybridized carbons (Fsp3) is 0.133. The van der Waals surface area contributed by atoms with Crippen molar-refractivity contribution in [3.05, 3.63) is 53.6 Å². The van der Waals surface area contributed by atoms with Crippen molar-refractivity contribution in [1.29, 1.82) is 5.26 Å². The Bertz CT molecular complexity index is 601. The second-order valence-electron chi connectivity index (χ2n) is 4.00. The van der Waals surface area contributed by atoms with Gasteiger partial charge >= 0.3 is 0 Å². The lowest BCUT2D eigenvalue weighted by Crippen LogP contribution is -1.97. The van der Waals surface area contributed by atoms with Crippen molar-refractivity contribution in [3.8, 4) is 17.6 Å². The van der Waals surface area contributed by atoms with Gasteiger partial charge in [0.15, 0.2) is 0 Å². The molecule has 96 valence electrons. The Morgan fingerprint density at radius 3 is 2.53 bits per heavy atom. The molecule has 0 aliphatic rings. The standard InChI is InChI=1S/C15H14N2O2/c1-18-15-7-2-11(8-12(15)9-16)10-19-14-5-3-13(17)4-6-14/h2-8H,10,17H2,1H3. The smallest absolute Gasteiger partial charge is 0.136 e. The zero-order valence-corrected chi connectivity index (χ0v) is 10.6. The molecule has 0 atom stereocenters. The van der Waals surface area contributed by atoms with Crippen LogP contribution in [0.25, 0.3) is 0 Å². The molecule has 2 rings (SSSR count). The first-order chi connectivity index (χ1) is 9.22. The maximum atomic E-state index is 9.01. The minimum Gasteiger partial charge on any atom is -0.495 e. The largest absolute Gasteiger partial charge is 0.495 e. The number of anilines is 1. The normalized spacial score (nSPS) is 9.68. The first-order valence-corrected chi connectivity index (χ1v) is 5.78. The summed E-state index contributed by atoms with van der Waals surface area (Å²) in [6, 6.07) is 14.7. The fourth-order valence-electron chi connectivity index (χ4n) is 1.66. The van der Waals surface area contributed by atoms with Crippen molar-refractivity contribution in [2.45, 2.75) is 6.61 Å². The maximum absolute atomic E-state index is 9.01. The highest BCUT2D eigenvalue weighted by atomic mass is 16.5. The van der Waals surface area contributed by atoms with E-state index in [9.17, 15) is 0 Å². The van der Waals surface area contributed by atoms with Crippen molar-refractivity contribution >= 4 is 5.69 Å². The van der Waals surface area contributed by atoms with Gasteiger partial charge in [0.1, 0.15) is 24.2 Å². The van der Waals surface area contributed by atoms with Crippen LogP contribution < -0.4 is 15.2 Å². The molecule has 0 radical (unpaired) electrons. The molecule has 19 heavy (non-hydrogen) atoms. The summed E-state index contributed by atoms with van der Waals surface area (Å²) < 4.78 is 10.7. The molecular formula is C15H14N2O2. The number of hydrogen-bond acceptors (Lipinski definition) is 4. The van der Waals surface area contributed by atoms with Crippen molar-refractivity contribution in [3.63, 3.8) is 0 Å². The van der Waals surface area contributed by atoms with Crippen LogP contribution in [0.3, 0.4) is 0 Å². The lowest BCUT2D eigenvalue weighted by molar-refractivity contribution is 0.306. The van der Waals surface area contributed by atoms with E-state index in [4.69, 9.17) is 20.5 Å². The number of benzene rings is 2. The molecule has 0 unspecified atom stereocenters. The number of rotatable bonds is 4. The van der Waals surface area contributed by atoms with E-state index < -0.39 is 0 Å². The molecule has 0 aliphatic heterocycles. The molecule has 2 aromatic rings. The molecule has 0 aliphatic carbocycles. The van der Waals surface area contributed by atoms with Gasteiger partial charge in [-0.25, -0.2) is 0 Å². The first kappa shape index (κ1) is 12.8. The molecule has 0 bridgehead atoms. The van der Waals surface area contributed by atoms with Crippen LogP contribution in [-0.4, -0.2) is 7.11 Å². The van der Waals surface area contributed by atoms with E-state index in [1.54, 1.807) is 31.4 Å². The summed E-state index contributed by atoms with van der Waals surface area (Å²) in [4.78, 5) is 0. The molecule has 0 spiro atoms. The summed E-state index contributed by atoms with van der Waals surface area (Å²) in [5.41, 5.74) is 7.71. The Labute approximate surface area is 112 Å². The zero-order chi connectivity index (χ0) is 13.7. The summed E-state index contributed by atoms with van der Waals surface area (Å²) in [6.45, 7) is 0.391. The third kappa shape index (κ3) is 3.17. The highest BCUT2D eigenvalue weighted by Gasteiger charge is 2.04. The summed E-state index contributed by atoms with van der Waals surface area (Å²) >= 11 is 0. The highest BCUT2D eigenvalue weighted by molar-refractivity contribution is 5.45. The second kappa shape index (κ2) is 5.78. The third-order valence-corrected chi connectivity index (χ3v) is 2.67. The van der Waals surface area contributed by atoms with Crippen LogP contribution in [0, 0.1) is 11.3 Å². The van der Waals surface area contributed by atoms with E-state index in [-0.39, 0.29) is 0 Å². The molecule has 0 amide bonds. The lowest BCUT2D eigenvalue weighted by Gasteiger charge is -2.08. The number of ether oxygens (including phenoxy) is 2. The Hall–Kier alpha value is -2.67.